The summed E-state index contributed by atoms with van der Waals surface area (Å²) in [5.74, 6) is -16.6. The lowest BCUT2D eigenvalue weighted by Gasteiger charge is -2.29. The summed E-state index contributed by atoms with van der Waals surface area (Å²) in [6, 6.07) is -8.95. The van der Waals surface area contributed by atoms with Crippen molar-refractivity contribution in [2.45, 2.75) is 237 Å². The molecule has 25 heteroatoms. The molecule has 0 spiro atoms. The van der Waals surface area contributed by atoms with Gasteiger partial charge in [0.05, 0.1) is 6.10 Å². The van der Waals surface area contributed by atoms with E-state index in [9.17, 15) is 62.6 Å². The number of aliphatic hydroxyl groups is 1. The molecule has 13 atom stereocenters. The maximum Gasteiger partial charge on any atom is 0.332 e. The third-order valence-electron chi connectivity index (χ3n) is 12.8. The van der Waals surface area contributed by atoms with E-state index in [0.29, 0.717) is 0 Å². The van der Waals surface area contributed by atoms with Crippen molar-refractivity contribution in [3.05, 3.63) is 0 Å². The molecule has 1 heterocycles. The molecule has 6 amide bonds. The number of carbonyl (C=O) groups excluding carboxylic acids is 12. The van der Waals surface area contributed by atoms with Crippen LogP contribution in [0.3, 0.4) is 0 Å². The first-order chi connectivity index (χ1) is 37.3. The minimum Gasteiger partial charge on any atom is -0.451 e. The number of esters is 6. The zero-order valence-corrected chi connectivity index (χ0v) is 51.0. The number of amides is 6. The van der Waals surface area contributed by atoms with Gasteiger partial charge in [-0.2, -0.15) is 0 Å². The van der Waals surface area contributed by atoms with Crippen LogP contribution in [0.25, 0.3) is 0 Å². The van der Waals surface area contributed by atoms with Gasteiger partial charge in [-0.15, -0.1) is 0 Å². The zero-order valence-electron chi connectivity index (χ0n) is 51.0. The first kappa shape index (κ1) is 72.6. The normalized spacial score (nSPS) is 28.6. The molecule has 1 fully saturated rings. The molecule has 0 aromatic heterocycles. The Morgan fingerprint density at radius 2 is 0.469 bits per heavy atom. The van der Waals surface area contributed by atoms with Crippen molar-refractivity contribution in [1.82, 2.24) is 31.9 Å². The van der Waals surface area contributed by atoms with E-state index in [2.05, 4.69) is 31.9 Å². The molecule has 1 aliphatic rings. The summed E-state index contributed by atoms with van der Waals surface area (Å²) in [5, 5.41) is 25.6. The van der Waals surface area contributed by atoms with Gasteiger partial charge in [0.15, 0.2) is 42.7 Å². The highest BCUT2D eigenvalue weighted by atomic mass is 16.6. The molecule has 0 bridgehead atoms. The Labute approximate surface area is 477 Å². The highest BCUT2D eigenvalue weighted by Gasteiger charge is 2.41. The molecule has 0 aliphatic carbocycles. The second kappa shape index (κ2) is 33.5. The van der Waals surface area contributed by atoms with Crippen molar-refractivity contribution in [2.75, 3.05) is 0 Å². The minimum absolute atomic E-state index is 0.0449. The van der Waals surface area contributed by atoms with Crippen LogP contribution in [0.2, 0.25) is 0 Å². The van der Waals surface area contributed by atoms with Gasteiger partial charge in [-0.3, -0.25) is 28.8 Å². The molecule has 0 radical (unpaired) electrons. The fourth-order valence-corrected chi connectivity index (χ4v) is 7.87. The van der Waals surface area contributed by atoms with Gasteiger partial charge >= 0.3 is 35.8 Å². The number of ether oxygens (including phenoxy) is 6. The van der Waals surface area contributed by atoms with Crippen LogP contribution in [0.15, 0.2) is 0 Å². The Bertz CT molecular complexity index is 1940. The summed E-state index contributed by atoms with van der Waals surface area (Å²) >= 11 is 0. The molecule has 81 heavy (non-hydrogen) atoms. The minimum atomic E-state index is -1.84. The number of carbonyl (C=O) groups is 12. The lowest BCUT2D eigenvalue weighted by molar-refractivity contribution is -0.166. The summed E-state index contributed by atoms with van der Waals surface area (Å²) in [7, 11) is 0. The molecule has 1 aliphatic heterocycles. The van der Waals surface area contributed by atoms with E-state index in [1.54, 1.807) is 111 Å². The zero-order chi connectivity index (χ0) is 62.7. The van der Waals surface area contributed by atoms with Gasteiger partial charge in [0.2, 0.25) is 0 Å². The van der Waals surface area contributed by atoms with Crippen LogP contribution in [0, 0.1) is 47.3 Å². The maximum atomic E-state index is 14.0. The van der Waals surface area contributed by atoms with Crippen LogP contribution in [-0.4, -0.2) is 155 Å². The smallest absolute Gasteiger partial charge is 0.332 e. The monoisotopic (exact) mass is 1150 g/mol. The van der Waals surface area contributed by atoms with Gasteiger partial charge in [0.1, 0.15) is 30.2 Å². The fraction of sp³-hybridized carbons (Fsp3) is 0.786. The summed E-state index contributed by atoms with van der Waals surface area (Å²) < 4.78 is 33.5. The number of rotatable bonds is 12. The van der Waals surface area contributed by atoms with Crippen LogP contribution in [-0.2, 0) is 86.0 Å². The molecule has 1 rings (SSSR count). The Balaban J connectivity index is 3.94. The van der Waals surface area contributed by atoms with Gasteiger partial charge < -0.3 is 65.4 Å². The van der Waals surface area contributed by atoms with Crippen LogP contribution >= 0.6 is 0 Å². The van der Waals surface area contributed by atoms with Crippen molar-refractivity contribution < 1.29 is 91.1 Å². The summed E-state index contributed by atoms with van der Waals surface area (Å²) in [6.45, 7) is 30.9. The van der Waals surface area contributed by atoms with Crippen LogP contribution < -0.4 is 31.9 Å². The molecule has 0 unspecified atom stereocenters. The highest BCUT2D eigenvalue weighted by molar-refractivity contribution is 5.95. The molecule has 25 nitrogen and oxygen atoms in total. The lowest BCUT2D eigenvalue weighted by Crippen LogP contribution is -2.56. The second-order valence-electron chi connectivity index (χ2n) is 23.8. The predicted molar refractivity (Wildman–Crippen MR) is 292 cm³/mol. The molecular formula is C56H94N6O19. The van der Waals surface area contributed by atoms with Crippen molar-refractivity contribution in [2.24, 2.45) is 47.3 Å². The Morgan fingerprint density at radius 3 is 0.654 bits per heavy atom. The van der Waals surface area contributed by atoms with Crippen molar-refractivity contribution >= 4 is 71.3 Å². The van der Waals surface area contributed by atoms with Gasteiger partial charge in [0.25, 0.3) is 35.4 Å². The average molecular weight is 1160 g/mol. The first-order valence-electron chi connectivity index (χ1n) is 28.0. The predicted octanol–water partition coefficient (Wildman–Crippen LogP) is 2.24. The summed E-state index contributed by atoms with van der Waals surface area (Å²) in [5.41, 5.74) is 0. The van der Waals surface area contributed by atoms with Crippen molar-refractivity contribution in [3.8, 4) is 0 Å². The van der Waals surface area contributed by atoms with E-state index in [1.807, 2.05) is 0 Å². The summed E-state index contributed by atoms with van der Waals surface area (Å²) in [6.07, 6.45) is -11.3. The molecule has 0 aromatic carbocycles. The Morgan fingerprint density at radius 1 is 0.296 bits per heavy atom. The van der Waals surface area contributed by atoms with Gasteiger partial charge in [-0.05, 0) is 94.3 Å². The average Bonchev–Trinajstić information content (AvgIpc) is 3.33. The van der Waals surface area contributed by atoms with E-state index >= 15 is 0 Å². The van der Waals surface area contributed by atoms with E-state index in [0.717, 1.165) is 13.8 Å². The maximum absolute atomic E-state index is 14.0. The van der Waals surface area contributed by atoms with Crippen LogP contribution in [0.4, 0.5) is 0 Å². The van der Waals surface area contributed by atoms with E-state index < -0.39 is 180 Å². The van der Waals surface area contributed by atoms with Gasteiger partial charge in [-0.1, -0.05) is 111 Å². The van der Waals surface area contributed by atoms with Crippen LogP contribution in [0.1, 0.15) is 158 Å². The molecule has 7 N–H and O–H groups in total. The van der Waals surface area contributed by atoms with E-state index in [4.69, 9.17) is 28.4 Å². The third kappa shape index (κ3) is 23.9. The molecular weight excluding hydrogens is 1060 g/mol. The number of aliphatic hydroxyl groups excluding tert-OH is 1. The second-order valence-corrected chi connectivity index (χ2v) is 23.8. The highest BCUT2D eigenvalue weighted by Crippen LogP contribution is 2.19. The molecule has 462 valence electrons. The van der Waals surface area contributed by atoms with E-state index in [-0.39, 0.29) is 37.0 Å². The quantitative estimate of drug-likeness (QED) is 0.109. The standard InChI is InChI=1S/C56H94N6O19/c1-24(2)21-36-48(67)59-39(27(7)8)51(70)76-33(18)45(64)57-43(31(15)16)55(74)80-37(22-25(3)4)49(68)60-41(29(11)12)53(72)78-35(20)47(66)62-44(32(17)63)56(75)81-38(23-26(5)6)50(69)61-40(28(9)10)52(71)77-34(19)46(65)58-42(30(13)14)54(73)79-36/h24-44,63H,21-23H2,1-20H3,(H,57,64)(H,58,65)(H,59,67)(H,60,68)(H,61,69)(H,62,66)/t32-,33+,34+,35+,36-,37-,38-,39-,40-,41-,42+,43+,44+/m1/s1. The Kier molecular flexibility index (Phi) is 30.0. The number of nitrogens with one attached hydrogen (secondary N) is 6. The van der Waals surface area contributed by atoms with Crippen LogP contribution in [0.5, 0.6) is 0 Å². The number of cyclic esters (lactones) is 6. The molecule has 0 saturated carbocycles. The topological polar surface area (TPSA) is 353 Å². The number of hydrogen-bond donors (Lipinski definition) is 7. The van der Waals surface area contributed by atoms with Gasteiger partial charge in [-0.25, -0.2) is 28.8 Å². The molecule has 0 aromatic rings. The fourth-order valence-electron chi connectivity index (χ4n) is 7.87. The SMILES string of the molecule is CC(C)C[C@H]1OC(=O)[C@H](C(C)C)NC(=O)[C@H](C)OC(=O)[C@@H](C(C)C)NC(=O)[C@@H](CC(C)C)OC(=O)[C@H]([C@@H](C)O)NC(=O)[C@H](C)OC(=O)[C@@H](C(C)C)NC(=O)[C@@H](CC(C)C)OC(=O)[C@H](C(C)C)NC(=O)[C@H](C)OC(=O)[C@@H](C(C)C)NC1=O. The van der Waals surface area contributed by atoms with E-state index in [1.165, 1.54) is 13.8 Å². The largest absolute Gasteiger partial charge is 0.451 e. The number of hydrogen-bond acceptors (Lipinski definition) is 19. The first-order valence-corrected chi connectivity index (χ1v) is 28.0. The Hall–Kier alpha value is -6.40. The molecule has 1 saturated heterocycles. The van der Waals surface area contributed by atoms with Gasteiger partial charge in [0, 0.05) is 0 Å². The summed E-state index contributed by atoms with van der Waals surface area (Å²) in [4.78, 5) is 165. The van der Waals surface area contributed by atoms with Crippen molar-refractivity contribution in [1.29, 1.82) is 0 Å². The van der Waals surface area contributed by atoms with Crippen molar-refractivity contribution in [3.63, 3.8) is 0 Å². The third-order valence-corrected chi connectivity index (χ3v) is 12.8. The lowest BCUT2D eigenvalue weighted by atomic mass is 10.0.